The van der Waals surface area contributed by atoms with Crippen LogP contribution in [0.4, 0.5) is 0 Å². The molecule has 0 amide bonds. The quantitative estimate of drug-likeness (QED) is 0.199. The summed E-state index contributed by atoms with van der Waals surface area (Å²) in [5, 5.41) is 12.6. The molecule has 0 radical (unpaired) electrons. The molecule has 5 nitrogen and oxygen atoms in total. The lowest BCUT2D eigenvalue weighted by atomic mass is 9.57. The first-order chi connectivity index (χ1) is 19.8. The van der Waals surface area contributed by atoms with Crippen LogP contribution >= 0.6 is 0 Å². The number of hydrogen-bond acceptors (Lipinski definition) is 5. The highest BCUT2D eigenvalue weighted by Gasteiger charge is 2.57. The first-order valence-corrected chi connectivity index (χ1v) is 21.3. The summed E-state index contributed by atoms with van der Waals surface area (Å²) in [5.41, 5.74) is -2.01. The smallest absolute Gasteiger partial charge is 0.334 e. The maximum atomic E-state index is 14.1. The molecule has 0 aromatic heterocycles. The lowest BCUT2D eigenvalue weighted by molar-refractivity contribution is -0.165. The van der Waals surface area contributed by atoms with Crippen LogP contribution in [-0.2, 0) is 18.4 Å². The van der Waals surface area contributed by atoms with Crippen LogP contribution in [0.2, 0.25) is 24.7 Å². The third-order valence-corrected chi connectivity index (χ3v) is 15.2. The van der Waals surface area contributed by atoms with E-state index in [1.807, 2.05) is 32.9 Å². The van der Waals surface area contributed by atoms with Gasteiger partial charge < -0.3 is 13.6 Å². The molecule has 1 aliphatic carbocycles. The van der Waals surface area contributed by atoms with Gasteiger partial charge in [-0.15, -0.1) is 0 Å². The molecule has 0 heterocycles. The Kier molecular flexibility index (Phi) is 10.7. The molecule has 1 saturated carbocycles. The SMILES string of the molecule is C[C@H]1CCC[C@@](C#N)(O[Si](C)(C)C)[C@]1(C)CC[C@H](O[Si](c1ccccc1)(c1ccccc1)C(C)(C)C)C(=O)OC(C)(C)C. The fourth-order valence-corrected chi connectivity index (χ4v) is 13.0. The Labute approximate surface area is 263 Å². The summed E-state index contributed by atoms with van der Waals surface area (Å²) in [6.07, 6.45) is 2.96. The van der Waals surface area contributed by atoms with Crippen molar-refractivity contribution in [2.75, 3.05) is 0 Å². The Morgan fingerprint density at radius 1 is 0.977 bits per heavy atom. The van der Waals surface area contributed by atoms with Gasteiger partial charge in [0.25, 0.3) is 8.32 Å². The van der Waals surface area contributed by atoms with E-state index in [4.69, 9.17) is 13.6 Å². The molecule has 4 atom stereocenters. The van der Waals surface area contributed by atoms with E-state index in [0.29, 0.717) is 19.3 Å². The Bertz CT molecular complexity index is 1220. The van der Waals surface area contributed by atoms with Gasteiger partial charge in [-0.1, -0.05) is 95.3 Å². The average molecular weight is 622 g/mol. The molecule has 0 bridgehead atoms. The summed E-state index contributed by atoms with van der Waals surface area (Å²) in [6.45, 7) is 23.3. The molecule has 2 aromatic carbocycles. The first kappa shape index (κ1) is 35.2. The predicted molar refractivity (Wildman–Crippen MR) is 181 cm³/mol. The van der Waals surface area contributed by atoms with Gasteiger partial charge in [-0.2, -0.15) is 5.26 Å². The summed E-state index contributed by atoms with van der Waals surface area (Å²) >= 11 is 0. The van der Waals surface area contributed by atoms with Crippen molar-refractivity contribution in [3.63, 3.8) is 0 Å². The van der Waals surface area contributed by atoms with Crippen molar-refractivity contribution < 1.29 is 18.4 Å². The molecule has 43 heavy (non-hydrogen) atoms. The number of carbonyl (C=O) groups is 1. The molecular weight excluding hydrogens is 567 g/mol. The molecular formula is C36H55NO4Si2. The van der Waals surface area contributed by atoms with Crippen molar-refractivity contribution in [2.45, 2.75) is 129 Å². The molecule has 1 fully saturated rings. The largest absolute Gasteiger partial charge is 0.458 e. The highest BCUT2D eigenvalue weighted by Crippen LogP contribution is 2.54. The molecule has 1 aliphatic rings. The second-order valence-electron chi connectivity index (χ2n) is 15.7. The number of hydrogen-bond donors (Lipinski definition) is 0. The standard InChI is InChI=1S/C36H55NO4Si2/c1-28-19-18-25-36(27-37,41-42(9,10)11)35(28,8)26-24-31(32(38)39-33(2,3)4)40-43(34(5,6)7,29-20-14-12-15-21-29)30-22-16-13-17-23-30/h12-17,20-23,28,31H,18-19,24-26H2,1-11H3/t28-,31-,35+,36-/m0/s1. The topological polar surface area (TPSA) is 68.5 Å². The summed E-state index contributed by atoms with van der Waals surface area (Å²) in [7, 11) is -5.11. The number of benzene rings is 2. The predicted octanol–water partition coefficient (Wildman–Crippen LogP) is 7.99. The number of ether oxygens (including phenoxy) is 1. The van der Waals surface area contributed by atoms with Crippen molar-refractivity contribution in [3.05, 3.63) is 60.7 Å². The van der Waals surface area contributed by atoms with Gasteiger partial charge in [-0.3, -0.25) is 0 Å². The molecule has 2 aromatic rings. The van der Waals surface area contributed by atoms with Crippen LogP contribution in [0.3, 0.4) is 0 Å². The van der Waals surface area contributed by atoms with E-state index in [1.165, 1.54) is 0 Å². The summed E-state index contributed by atoms with van der Waals surface area (Å²) < 4.78 is 20.3. The van der Waals surface area contributed by atoms with Crippen molar-refractivity contribution in [3.8, 4) is 6.07 Å². The highest BCUT2D eigenvalue weighted by molar-refractivity contribution is 6.99. The van der Waals surface area contributed by atoms with E-state index < -0.39 is 39.4 Å². The van der Waals surface area contributed by atoms with Crippen LogP contribution in [-0.4, -0.2) is 39.9 Å². The zero-order valence-corrected chi connectivity index (χ0v) is 30.5. The van der Waals surface area contributed by atoms with E-state index in [0.717, 1.165) is 23.2 Å². The minimum absolute atomic E-state index is 0.254. The minimum Gasteiger partial charge on any atom is -0.458 e. The molecule has 0 aliphatic heterocycles. The average Bonchev–Trinajstić information content (AvgIpc) is 2.90. The van der Waals surface area contributed by atoms with E-state index in [1.54, 1.807) is 0 Å². The van der Waals surface area contributed by atoms with Gasteiger partial charge in [0, 0.05) is 5.41 Å². The number of nitriles is 1. The van der Waals surface area contributed by atoms with Crippen LogP contribution in [0.25, 0.3) is 0 Å². The van der Waals surface area contributed by atoms with Crippen molar-refractivity contribution in [2.24, 2.45) is 11.3 Å². The minimum atomic E-state index is -3.05. The normalized spacial score (nSPS) is 24.2. The number of nitrogens with zero attached hydrogens (tertiary/aromatic N) is 1. The fourth-order valence-electron chi connectivity index (χ4n) is 6.93. The number of carbonyl (C=O) groups excluding carboxylic acids is 1. The van der Waals surface area contributed by atoms with Crippen LogP contribution in [0.1, 0.15) is 87.5 Å². The van der Waals surface area contributed by atoms with Crippen molar-refractivity contribution in [1.82, 2.24) is 0 Å². The van der Waals surface area contributed by atoms with Gasteiger partial charge in [0.05, 0.1) is 6.07 Å². The Morgan fingerprint density at radius 2 is 1.49 bits per heavy atom. The molecule has 0 spiro atoms. The third-order valence-electron chi connectivity index (χ3n) is 9.17. The van der Waals surface area contributed by atoms with Crippen LogP contribution in [0.15, 0.2) is 60.7 Å². The van der Waals surface area contributed by atoms with Gasteiger partial charge in [0.1, 0.15) is 17.3 Å². The lowest BCUT2D eigenvalue weighted by Crippen LogP contribution is -2.68. The summed E-state index contributed by atoms with van der Waals surface area (Å²) in [5.74, 6) is -0.0920. The second kappa shape index (κ2) is 13.0. The van der Waals surface area contributed by atoms with E-state index in [9.17, 15) is 10.1 Å². The van der Waals surface area contributed by atoms with Gasteiger partial charge in [-0.25, -0.2) is 4.79 Å². The lowest BCUT2D eigenvalue weighted by Gasteiger charge is -2.54. The van der Waals surface area contributed by atoms with E-state index in [2.05, 4.69) is 109 Å². The Morgan fingerprint density at radius 3 is 1.91 bits per heavy atom. The maximum Gasteiger partial charge on any atom is 0.334 e. The molecule has 3 rings (SSSR count). The molecule has 7 heteroatoms. The van der Waals surface area contributed by atoms with E-state index in [-0.39, 0.29) is 16.9 Å². The molecule has 0 saturated heterocycles. The van der Waals surface area contributed by atoms with Crippen molar-refractivity contribution in [1.29, 1.82) is 5.26 Å². The van der Waals surface area contributed by atoms with Gasteiger partial charge in [-0.05, 0) is 93.8 Å². The number of rotatable bonds is 10. The van der Waals surface area contributed by atoms with Crippen LogP contribution in [0, 0.1) is 22.7 Å². The zero-order valence-electron chi connectivity index (χ0n) is 28.5. The molecule has 0 unspecified atom stereocenters. The fraction of sp³-hybridized carbons (Fsp3) is 0.611. The van der Waals surface area contributed by atoms with E-state index >= 15 is 0 Å². The zero-order chi connectivity index (χ0) is 32.3. The maximum absolute atomic E-state index is 14.1. The van der Waals surface area contributed by atoms with Crippen LogP contribution in [0.5, 0.6) is 0 Å². The summed E-state index contributed by atoms with van der Waals surface area (Å²) in [6, 6.07) is 23.5. The van der Waals surface area contributed by atoms with Gasteiger partial charge in [0.15, 0.2) is 8.32 Å². The second-order valence-corrected chi connectivity index (χ2v) is 24.4. The highest BCUT2D eigenvalue weighted by atomic mass is 28.4. The molecule has 0 N–H and O–H groups in total. The summed E-state index contributed by atoms with van der Waals surface area (Å²) in [4.78, 5) is 14.1. The Balaban J connectivity index is 2.16. The monoisotopic (exact) mass is 621 g/mol. The Hall–Kier alpha value is -2.25. The van der Waals surface area contributed by atoms with Crippen LogP contribution < -0.4 is 10.4 Å². The number of esters is 1. The third kappa shape index (κ3) is 7.71. The molecule has 236 valence electrons. The van der Waals surface area contributed by atoms with Gasteiger partial charge >= 0.3 is 5.97 Å². The first-order valence-electron chi connectivity index (χ1n) is 15.9. The van der Waals surface area contributed by atoms with Gasteiger partial charge in [0.2, 0.25) is 0 Å². The van der Waals surface area contributed by atoms with Crippen molar-refractivity contribution >= 4 is 33.0 Å².